The summed E-state index contributed by atoms with van der Waals surface area (Å²) < 4.78 is 0. The Hall–Kier alpha value is -2.12. The molecule has 1 aromatic carbocycles. The highest BCUT2D eigenvalue weighted by Crippen LogP contribution is 2.40. The Morgan fingerprint density at radius 3 is 2.89 bits per heavy atom. The molecule has 0 aliphatic heterocycles. The van der Waals surface area contributed by atoms with E-state index in [9.17, 15) is 4.79 Å². The van der Waals surface area contributed by atoms with Gasteiger partial charge in [-0.25, -0.2) is 9.97 Å². The number of hydrogen-bond donors (Lipinski definition) is 2. The third-order valence-electron chi connectivity index (χ3n) is 4.86. The van der Waals surface area contributed by atoms with Crippen molar-refractivity contribution in [1.29, 1.82) is 0 Å². The highest BCUT2D eigenvalue weighted by molar-refractivity contribution is 8.00. The van der Waals surface area contributed by atoms with E-state index < -0.39 is 0 Å². The zero-order valence-corrected chi connectivity index (χ0v) is 17.0. The molecule has 3 N–H and O–H groups in total. The van der Waals surface area contributed by atoms with Crippen LogP contribution in [0.3, 0.4) is 0 Å². The number of nitrogen functional groups attached to an aromatic ring is 1. The number of hydrogen-bond acceptors (Lipinski definition) is 6. The lowest BCUT2D eigenvalue weighted by atomic mass is 9.89. The van der Waals surface area contributed by atoms with Gasteiger partial charge in [0.1, 0.15) is 10.6 Å². The Kier molecular flexibility index (Phi) is 5.06. The highest BCUT2D eigenvalue weighted by atomic mass is 32.2. The van der Waals surface area contributed by atoms with Crippen molar-refractivity contribution in [3.8, 4) is 0 Å². The number of nitrogens with one attached hydrogen (secondary N) is 1. The smallest absolute Gasteiger partial charge is 0.237 e. The number of nitrogens with zero attached hydrogens (tertiary/aromatic N) is 2. The number of anilines is 2. The molecule has 0 fully saturated rings. The van der Waals surface area contributed by atoms with Gasteiger partial charge in [0.2, 0.25) is 5.91 Å². The van der Waals surface area contributed by atoms with Gasteiger partial charge in [-0.1, -0.05) is 36.9 Å². The van der Waals surface area contributed by atoms with Crippen LogP contribution in [-0.4, -0.2) is 21.1 Å². The number of thiophene rings is 1. The normalized spacial score (nSPS) is 17.5. The summed E-state index contributed by atoms with van der Waals surface area (Å²) >= 11 is 3.06. The van der Waals surface area contributed by atoms with Gasteiger partial charge in [0, 0.05) is 10.6 Å². The maximum absolute atomic E-state index is 12.4. The van der Waals surface area contributed by atoms with E-state index in [1.165, 1.54) is 28.6 Å². The van der Waals surface area contributed by atoms with Gasteiger partial charge in [-0.15, -0.1) is 11.3 Å². The Balaban J connectivity index is 1.54. The number of aryl methyl sites for hydroxylation is 1. The maximum Gasteiger partial charge on any atom is 0.237 e. The summed E-state index contributed by atoms with van der Waals surface area (Å²) in [7, 11) is 0. The number of carbonyl (C=O) groups excluding carboxylic acids is 1. The minimum absolute atomic E-state index is 0.0761. The zero-order valence-electron chi connectivity index (χ0n) is 15.4. The molecule has 1 aliphatic rings. The molecule has 140 valence electrons. The lowest BCUT2D eigenvalue weighted by Crippen LogP contribution is -2.22. The Bertz CT molecular complexity index is 987. The summed E-state index contributed by atoms with van der Waals surface area (Å²) in [5, 5.41) is 4.17. The van der Waals surface area contributed by atoms with Gasteiger partial charge in [0.15, 0.2) is 5.16 Å². The third kappa shape index (κ3) is 3.80. The van der Waals surface area contributed by atoms with Crippen LogP contribution >= 0.6 is 23.1 Å². The van der Waals surface area contributed by atoms with Crippen molar-refractivity contribution in [2.24, 2.45) is 5.92 Å². The molecular formula is C20H22N4OS2. The molecule has 3 aromatic rings. The summed E-state index contributed by atoms with van der Waals surface area (Å²) in [6, 6.07) is 9.44. The second kappa shape index (κ2) is 7.48. The summed E-state index contributed by atoms with van der Waals surface area (Å²) in [4.78, 5) is 24.0. The van der Waals surface area contributed by atoms with Crippen LogP contribution in [0.5, 0.6) is 0 Å². The number of aromatic nitrogens is 2. The van der Waals surface area contributed by atoms with Crippen molar-refractivity contribution in [3.05, 3.63) is 40.8 Å². The summed E-state index contributed by atoms with van der Waals surface area (Å²) in [6.07, 6.45) is 3.33. The second-order valence-electron chi connectivity index (χ2n) is 7.04. The molecule has 1 amide bonds. The van der Waals surface area contributed by atoms with Crippen molar-refractivity contribution in [1.82, 2.24) is 9.97 Å². The maximum atomic E-state index is 12.4. The van der Waals surface area contributed by atoms with Gasteiger partial charge in [0.25, 0.3) is 0 Å². The Morgan fingerprint density at radius 1 is 1.33 bits per heavy atom. The first-order valence-electron chi connectivity index (χ1n) is 9.11. The van der Waals surface area contributed by atoms with Crippen LogP contribution in [0.4, 0.5) is 11.5 Å². The first kappa shape index (κ1) is 18.3. The van der Waals surface area contributed by atoms with Gasteiger partial charge in [-0.2, -0.15) is 0 Å². The van der Waals surface area contributed by atoms with Gasteiger partial charge in [0.05, 0.1) is 10.6 Å². The number of para-hydroxylation sites is 1. The van der Waals surface area contributed by atoms with Crippen molar-refractivity contribution in [2.75, 3.05) is 11.1 Å². The fourth-order valence-corrected chi connectivity index (χ4v) is 5.61. The molecule has 2 heterocycles. The van der Waals surface area contributed by atoms with Gasteiger partial charge in [-0.3, -0.25) is 4.79 Å². The van der Waals surface area contributed by atoms with E-state index in [-0.39, 0.29) is 11.2 Å². The quantitative estimate of drug-likeness (QED) is 0.499. The Labute approximate surface area is 166 Å². The summed E-state index contributed by atoms with van der Waals surface area (Å²) in [6.45, 7) is 4.14. The van der Waals surface area contributed by atoms with Crippen molar-refractivity contribution in [3.63, 3.8) is 0 Å². The van der Waals surface area contributed by atoms with Crippen LogP contribution in [-0.2, 0) is 17.6 Å². The minimum atomic E-state index is -0.323. The number of benzene rings is 1. The SMILES string of the molecule is CC1CCc2c(sc3nc(SC(C)C(=O)Nc4ccccc4)nc(N)c23)C1. The Morgan fingerprint density at radius 2 is 2.11 bits per heavy atom. The molecule has 0 saturated heterocycles. The molecule has 7 heteroatoms. The molecule has 5 nitrogen and oxygen atoms in total. The monoisotopic (exact) mass is 398 g/mol. The fourth-order valence-electron chi connectivity index (χ4n) is 3.38. The number of amides is 1. The number of carbonyl (C=O) groups is 1. The molecule has 27 heavy (non-hydrogen) atoms. The number of fused-ring (bicyclic) bond motifs is 3. The van der Waals surface area contributed by atoms with E-state index in [4.69, 9.17) is 10.7 Å². The van der Waals surface area contributed by atoms with Gasteiger partial charge in [-0.05, 0) is 49.8 Å². The predicted molar refractivity (Wildman–Crippen MR) is 113 cm³/mol. The minimum Gasteiger partial charge on any atom is -0.383 e. The van der Waals surface area contributed by atoms with E-state index in [0.717, 1.165) is 28.7 Å². The van der Waals surface area contributed by atoms with Crippen LogP contribution in [0, 0.1) is 5.92 Å². The van der Waals surface area contributed by atoms with E-state index in [1.54, 1.807) is 11.3 Å². The number of nitrogens with two attached hydrogens (primary N) is 1. The first-order valence-corrected chi connectivity index (χ1v) is 10.8. The largest absolute Gasteiger partial charge is 0.383 e. The van der Waals surface area contributed by atoms with Gasteiger partial charge >= 0.3 is 0 Å². The number of rotatable bonds is 4. The van der Waals surface area contributed by atoms with Crippen molar-refractivity contribution in [2.45, 2.75) is 43.5 Å². The summed E-state index contributed by atoms with van der Waals surface area (Å²) in [5.41, 5.74) is 8.39. The van der Waals surface area contributed by atoms with Crippen LogP contribution in [0.15, 0.2) is 35.5 Å². The standard InChI is InChI=1S/C20H22N4OS2/c1-11-8-9-14-15(10-11)27-19-16(14)17(21)23-20(24-19)26-12(2)18(25)22-13-6-4-3-5-7-13/h3-7,11-12H,8-10H2,1-2H3,(H,22,25)(H2,21,23,24). The fraction of sp³-hybridized carbons (Fsp3) is 0.350. The molecule has 2 aromatic heterocycles. The average molecular weight is 399 g/mol. The van der Waals surface area contributed by atoms with E-state index in [1.807, 2.05) is 37.3 Å². The van der Waals surface area contributed by atoms with E-state index in [0.29, 0.717) is 16.9 Å². The molecule has 4 rings (SSSR count). The van der Waals surface area contributed by atoms with Crippen LogP contribution < -0.4 is 11.1 Å². The predicted octanol–water partition coefficient (Wildman–Crippen LogP) is 4.52. The molecule has 1 aliphatic carbocycles. The van der Waals surface area contributed by atoms with Crippen LogP contribution in [0.2, 0.25) is 0 Å². The lowest BCUT2D eigenvalue weighted by molar-refractivity contribution is -0.115. The van der Waals surface area contributed by atoms with Crippen molar-refractivity contribution < 1.29 is 4.79 Å². The van der Waals surface area contributed by atoms with Crippen LogP contribution in [0.25, 0.3) is 10.2 Å². The molecular weight excluding hydrogens is 376 g/mol. The van der Waals surface area contributed by atoms with E-state index >= 15 is 0 Å². The second-order valence-corrected chi connectivity index (χ2v) is 9.43. The molecule has 0 saturated carbocycles. The molecule has 0 radical (unpaired) electrons. The first-order chi connectivity index (χ1) is 13.0. The number of thioether (sulfide) groups is 1. The van der Waals surface area contributed by atoms with Crippen molar-refractivity contribution >= 4 is 50.7 Å². The van der Waals surface area contributed by atoms with Gasteiger partial charge < -0.3 is 11.1 Å². The lowest BCUT2D eigenvalue weighted by Gasteiger charge is -2.17. The zero-order chi connectivity index (χ0) is 19.0. The molecule has 2 unspecified atom stereocenters. The third-order valence-corrected chi connectivity index (χ3v) is 6.96. The highest BCUT2D eigenvalue weighted by Gasteiger charge is 2.24. The molecule has 2 atom stereocenters. The molecule has 0 bridgehead atoms. The molecule has 0 spiro atoms. The van der Waals surface area contributed by atoms with E-state index in [2.05, 4.69) is 17.2 Å². The topological polar surface area (TPSA) is 80.9 Å². The summed E-state index contributed by atoms with van der Waals surface area (Å²) in [5.74, 6) is 1.16. The van der Waals surface area contributed by atoms with Crippen LogP contribution in [0.1, 0.15) is 30.7 Å². The average Bonchev–Trinajstić information content (AvgIpc) is 3.00.